The molecule has 1 N–H and O–H groups in total. The van der Waals surface area contributed by atoms with E-state index in [2.05, 4.69) is 15.5 Å². The first-order valence-electron chi connectivity index (χ1n) is 8.07. The molecule has 2 aromatic rings. The van der Waals surface area contributed by atoms with Crippen molar-refractivity contribution in [1.82, 2.24) is 15.5 Å². The van der Waals surface area contributed by atoms with Crippen LogP contribution in [0.15, 0.2) is 34.9 Å². The van der Waals surface area contributed by atoms with Gasteiger partial charge in [0.2, 0.25) is 17.6 Å². The fourth-order valence-electron chi connectivity index (χ4n) is 2.58. The fraction of sp³-hybridized carbons (Fsp3) is 0.471. The van der Waals surface area contributed by atoms with Crippen LogP contribution in [0.5, 0.6) is 0 Å². The molecule has 1 aliphatic rings. The Morgan fingerprint density at radius 2 is 2.17 bits per heavy atom. The number of hydrogen-bond acceptors (Lipinski definition) is 5. The zero-order valence-corrected chi connectivity index (χ0v) is 13.0. The van der Waals surface area contributed by atoms with Crippen molar-refractivity contribution in [3.05, 3.63) is 36.2 Å². The minimum atomic E-state index is 0.0447. The topological polar surface area (TPSA) is 77.2 Å². The zero-order chi connectivity index (χ0) is 15.9. The largest absolute Gasteiger partial charge is 0.376 e. The molecule has 2 heterocycles. The maximum absolute atomic E-state index is 11.8. The van der Waals surface area contributed by atoms with Crippen LogP contribution < -0.4 is 5.32 Å². The van der Waals surface area contributed by atoms with E-state index in [1.54, 1.807) is 0 Å². The van der Waals surface area contributed by atoms with Crippen LogP contribution in [0.1, 0.15) is 31.6 Å². The van der Waals surface area contributed by atoms with E-state index in [4.69, 9.17) is 9.26 Å². The van der Waals surface area contributed by atoms with Gasteiger partial charge in [-0.05, 0) is 19.3 Å². The molecule has 1 fully saturated rings. The number of ether oxygens (including phenoxy) is 1. The second-order valence-corrected chi connectivity index (χ2v) is 5.67. The maximum Gasteiger partial charge on any atom is 0.226 e. The summed E-state index contributed by atoms with van der Waals surface area (Å²) in [5.41, 5.74) is 0.928. The summed E-state index contributed by atoms with van der Waals surface area (Å²) in [5.74, 6) is 1.20. The Labute approximate surface area is 135 Å². The number of nitrogens with one attached hydrogen (secondary N) is 1. The third-order valence-corrected chi connectivity index (χ3v) is 3.85. The maximum atomic E-state index is 11.8. The summed E-state index contributed by atoms with van der Waals surface area (Å²) < 4.78 is 10.7. The van der Waals surface area contributed by atoms with E-state index in [9.17, 15) is 4.79 Å². The molecule has 1 aromatic heterocycles. The minimum Gasteiger partial charge on any atom is -0.376 e. The van der Waals surface area contributed by atoms with Gasteiger partial charge in [-0.25, -0.2) is 0 Å². The van der Waals surface area contributed by atoms with Crippen molar-refractivity contribution in [3.8, 4) is 11.4 Å². The Morgan fingerprint density at radius 3 is 2.96 bits per heavy atom. The molecule has 0 unspecified atom stereocenters. The highest BCUT2D eigenvalue weighted by atomic mass is 16.5. The van der Waals surface area contributed by atoms with E-state index in [1.807, 2.05) is 30.3 Å². The van der Waals surface area contributed by atoms with Gasteiger partial charge in [0.1, 0.15) is 0 Å². The van der Waals surface area contributed by atoms with Gasteiger partial charge in [-0.3, -0.25) is 4.79 Å². The highest BCUT2D eigenvalue weighted by Crippen LogP contribution is 2.15. The molecular formula is C17H21N3O3. The molecule has 0 radical (unpaired) electrons. The van der Waals surface area contributed by atoms with Gasteiger partial charge in [0.05, 0.1) is 6.10 Å². The average molecular weight is 315 g/mol. The van der Waals surface area contributed by atoms with Crippen LogP contribution in [0.3, 0.4) is 0 Å². The number of rotatable bonds is 7. The van der Waals surface area contributed by atoms with Crippen LogP contribution in [0.4, 0.5) is 0 Å². The monoisotopic (exact) mass is 315 g/mol. The molecular weight excluding hydrogens is 294 g/mol. The van der Waals surface area contributed by atoms with Crippen LogP contribution in [0.2, 0.25) is 0 Å². The molecule has 0 bridgehead atoms. The van der Waals surface area contributed by atoms with Gasteiger partial charge in [-0.1, -0.05) is 35.5 Å². The first kappa shape index (κ1) is 15.7. The summed E-state index contributed by atoms with van der Waals surface area (Å²) in [6.07, 6.45) is 4.05. The third kappa shape index (κ3) is 4.63. The lowest BCUT2D eigenvalue weighted by atomic mass is 10.2. The van der Waals surface area contributed by atoms with Gasteiger partial charge in [0, 0.05) is 31.6 Å². The van der Waals surface area contributed by atoms with E-state index < -0.39 is 0 Å². The highest BCUT2D eigenvalue weighted by molar-refractivity contribution is 5.75. The predicted octanol–water partition coefficient (Wildman–Crippen LogP) is 2.35. The zero-order valence-electron chi connectivity index (χ0n) is 13.0. The smallest absolute Gasteiger partial charge is 0.226 e. The van der Waals surface area contributed by atoms with Gasteiger partial charge in [0.25, 0.3) is 0 Å². The lowest BCUT2D eigenvalue weighted by Crippen LogP contribution is -2.31. The van der Waals surface area contributed by atoms with Crippen molar-refractivity contribution in [2.45, 2.75) is 38.2 Å². The van der Waals surface area contributed by atoms with E-state index >= 15 is 0 Å². The van der Waals surface area contributed by atoms with Gasteiger partial charge >= 0.3 is 0 Å². The lowest BCUT2D eigenvalue weighted by molar-refractivity contribution is -0.121. The standard InChI is InChI=1S/C17H21N3O3/c21-15(18-12-14-8-5-11-22-14)9-4-10-16-19-17(20-23-16)13-6-2-1-3-7-13/h1-3,6-7,14H,4-5,8-12H2,(H,18,21)/t14-/m1/s1. The van der Waals surface area contributed by atoms with Gasteiger partial charge in [-0.15, -0.1) is 0 Å². The van der Waals surface area contributed by atoms with Crippen molar-refractivity contribution < 1.29 is 14.1 Å². The number of nitrogens with zero attached hydrogens (tertiary/aromatic N) is 2. The Hall–Kier alpha value is -2.21. The Bertz CT molecular complexity index is 621. The van der Waals surface area contributed by atoms with Crippen LogP contribution in [0, 0.1) is 0 Å². The number of benzene rings is 1. The van der Waals surface area contributed by atoms with Crippen molar-refractivity contribution in [3.63, 3.8) is 0 Å². The molecule has 6 nitrogen and oxygen atoms in total. The second kappa shape index (κ2) is 7.87. The van der Waals surface area contributed by atoms with Crippen molar-refractivity contribution in [2.24, 2.45) is 0 Å². The predicted molar refractivity (Wildman–Crippen MR) is 84.7 cm³/mol. The average Bonchev–Trinajstić information content (AvgIpc) is 3.26. The number of amides is 1. The van der Waals surface area contributed by atoms with Crippen molar-refractivity contribution >= 4 is 5.91 Å². The Balaban J connectivity index is 1.39. The summed E-state index contributed by atoms with van der Waals surface area (Å²) in [6, 6.07) is 9.69. The van der Waals surface area contributed by atoms with Gasteiger partial charge < -0.3 is 14.6 Å². The molecule has 6 heteroatoms. The van der Waals surface area contributed by atoms with Crippen LogP contribution in [0.25, 0.3) is 11.4 Å². The molecule has 1 saturated heterocycles. The first-order valence-corrected chi connectivity index (χ1v) is 8.07. The summed E-state index contributed by atoms with van der Waals surface area (Å²) in [5, 5.41) is 6.88. The molecule has 1 aromatic carbocycles. The number of hydrogen-bond donors (Lipinski definition) is 1. The number of carbonyl (C=O) groups is 1. The number of aryl methyl sites for hydroxylation is 1. The van der Waals surface area contributed by atoms with Gasteiger partial charge in [-0.2, -0.15) is 4.98 Å². The molecule has 1 amide bonds. The van der Waals surface area contributed by atoms with Crippen molar-refractivity contribution in [1.29, 1.82) is 0 Å². The molecule has 3 rings (SSSR count). The molecule has 122 valence electrons. The van der Waals surface area contributed by atoms with E-state index in [1.165, 1.54) is 0 Å². The lowest BCUT2D eigenvalue weighted by Gasteiger charge is -2.10. The number of carbonyl (C=O) groups excluding carboxylic acids is 1. The summed E-state index contributed by atoms with van der Waals surface area (Å²) in [6.45, 7) is 1.42. The third-order valence-electron chi connectivity index (χ3n) is 3.85. The van der Waals surface area contributed by atoms with Crippen LogP contribution in [-0.2, 0) is 16.0 Å². The van der Waals surface area contributed by atoms with Crippen molar-refractivity contribution in [2.75, 3.05) is 13.2 Å². The van der Waals surface area contributed by atoms with E-state index in [0.29, 0.717) is 37.5 Å². The molecule has 23 heavy (non-hydrogen) atoms. The van der Waals surface area contributed by atoms with Gasteiger partial charge in [0.15, 0.2) is 0 Å². The molecule has 0 spiro atoms. The van der Waals surface area contributed by atoms with Crippen LogP contribution in [-0.4, -0.2) is 35.3 Å². The Morgan fingerprint density at radius 1 is 1.30 bits per heavy atom. The van der Waals surface area contributed by atoms with E-state index in [-0.39, 0.29) is 12.0 Å². The molecule has 1 atom stereocenters. The molecule has 0 saturated carbocycles. The van der Waals surface area contributed by atoms with E-state index in [0.717, 1.165) is 25.0 Å². The summed E-state index contributed by atoms with van der Waals surface area (Å²) in [4.78, 5) is 16.1. The SMILES string of the molecule is O=C(CCCc1nc(-c2ccccc2)no1)NC[C@H]1CCCO1. The highest BCUT2D eigenvalue weighted by Gasteiger charge is 2.16. The molecule has 1 aliphatic heterocycles. The number of aromatic nitrogens is 2. The van der Waals surface area contributed by atoms with Crippen LogP contribution >= 0.6 is 0 Å². The normalized spacial score (nSPS) is 17.3. The second-order valence-electron chi connectivity index (χ2n) is 5.67. The first-order chi connectivity index (χ1) is 11.3. The Kier molecular flexibility index (Phi) is 5.37. The summed E-state index contributed by atoms with van der Waals surface area (Å²) in [7, 11) is 0. The summed E-state index contributed by atoms with van der Waals surface area (Å²) >= 11 is 0. The minimum absolute atomic E-state index is 0.0447. The molecule has 0 aliphatic carbocycles. The fourth-order valence-corrected chi connectivity index (χ4v) is 2.58. The quantitative estimate of drug-likeness (QED) is 0.848.